The van der Waals surface area contributed by atoms with Crippen LogP contribution in [0.1, 0.15) is 62.9 Å². The Morgan fingerprint density at radius 2 is 1.78 bits per heavy atom. The van der Waals surface area contributed by atoms with Crippen molar-refractivity contribution in [3.05, 3.63) is 58.6 Å². The molecule has 0 unspecified atom stereocenters. The van der Waals surface area contributed by atoms with E-state index >= 15 is 0 Å². The van der Waals surface area contributed by atoms with Gasteiger partial charge in [0, 0.05) is 53.9 Å². The van der Waals surface area contributed by atoms with E-state index in [1.165, 1.54) is 0 Å². The van der Waals surface area contributed by atoms with Crippen LogP contribution in [0.15, 0.2) is 42.5 Å². The van der Waals surface area contributed by atoms with Crippen LogP contribution >= 0.6 is 11.6 Å². The molecule has 2 N–H and O–H groups in total. The number of nitrogens with one attached hydrogen (secondary N) is 1. The molecule has 7 heteroatoms. The minimum absolute atomic E-state index is 0.0819. The summed E-state index contributed by atoms with van der Waals surface area (Å²) in [6.07, 6.45) is 2.92. The van der Waals surface area contributed by atoms with E-state index in [4.69, 9.17) is 26.7 Å². The molecule has 1 aliphatic carbocycles. The molecule has 4 rings (SSSR count). The average molecular weight is 510 g/mol. The summed E-state index contributed by atoms with van der Waals surface area (Å²) in [6.45, 7) is 10.6. The van der Waals surface area contributed by atoms with Crippen LogP contribution in [0.4, 0.5) is 5.69 Å². The zero-order valence-corrected chi connectivity index (χ0v) is 22.3. The molecule has 1 saturated heterocycles. The lowest BCUT2D eigenvalue weighted by molar-refractivity contribution is -0.164. The number of halogens is 1. The van der Waals surface area contributed by atoms with Crippen LogP contribution < -0.4 is 15.0 Å². The van der Waals surface area contributed by atoms with Gasteiger partial charge in [-0.15, -0.1) is 0 Å². The number of hydrogen-bond donors (Lipinski definition) is 2. The first-order valence-corrected chi connectivity index (χ1v) is 13.1. The largest absolute Gasteiger partial charge is 0.489 e. The van der Waals surface area contributed by atoms with Gasteiger partial charge in [0.1, 0.15) is 17.9 Å². The first-order chi connectivity index (χ1) is 17.1. The highest BCUT2D eigenvalue weighted by Gasteiger charge is 2.64. The third-order valence-electron chi connectivity index (χ3n) is 8.08. The Morgan fingerprint density at radius 1 is 1.14 bits per heavy atom. The van der Waals surface area contributed by atoms with Crippen LogP contribution in [0.2, 0.25) is 5.02 Å². The molecular weight excluding hydrogens is 474 g/mol. The fourth-order valence-corrected chi connectivity index (χ4v) is 6.51. The fraction of sp³-hybridized carbons (Fsp3) is 0.517. The number of benzene rings is 2. The number of rotatable bonds is 7. The van der Waals surface area contributed by atoms with Crippen molar-refractivity contribution in [1.29, 1.82) is 5.26 Å². The van der Waals surface area contributed by atoms with Gasteiger partial charge in [0.05, 0.1) is 10.6 Å². The van der Waals surface area contributed by atoms with E-state index < -0.39 is 0 Å². The maximum absolute atomic E-state index is 13.2. The lowest BCUT2D eigenvalue weighted by Crippen LogP contribution is -2.74. The van der Waals surface area contributed by atoms with Gasteiger partial charge in [-0.05, 0) is 61.6 Å². The number of piperidine rings is 1. The van der Waals surface area contributed by atoms with Gasteiger partial charge in [-0.25, -0.2) is 0 Å². The maximum atomic E-state index is 13.2. The van der Waals surface area contributed by atoms with E-state index in [-0.39, 0.29) is 35.5 Å². The van der Waals surface area contributed by atoms with Gasteiger partial charge in [-0.3, -0.25) is 4.79 Å². The van der Waals surface area contributed by atoms with Crippen LogP contribution in [-0.2, 0) is 0 Å². The quantitative estimate of drug-likeness (QED) is 0.520. The third kappa shape index (κ3) is 5.05. The number of ether oxygens (including phenoxy) is 1. The predicted molar refractivity (Wildman–Crippen MR) is 142 cm³/mol. The minimum Gasteiger partial charge on any atom is -0.489 e. The Kier molecular flexibility index (Phi) is 7.54. The summed E-state index contributed by atoms with van der Waals surface area (Å²) in [7, 11) is 0. The molecule has 0 aromatic heterocycles. The Hall–Kier alpha value is -2.75. The molecule has 1 amide bonds. The zero-order chi connectivity index (χ0) is 26.1. The number of carbonyl (C=O) groups excluding carboxylic acids is 1. The fourth-order valence-electron chi connectivity index (χ4n) is 6.30. The molecule has 1 aliphatic heterocycles. The van der Waals surface area contributed by atoms with Crippen LogP contribution in [0, 0.1) is 28.1 Å². The molecule has 2 fully saturated rings. The van der Waals surface area contributed by atoms with Gasteiger partial charge in [0.2, 0.25) is 0 Å². The molecular formula is C29H36ClN3O3. The number of nitriles is 1. The first-order valence-electron chi connectivity index (χ1n) is 12.7. The third-order valence-corrected chi connectivity index (χ3v) is 8.39. The summed E-state index contributed by atoms with van der Waals surface area (Å²) >= 11 is 6.19. The Bertz CT molecular complexity index is 1120. The maximum Gasteiger partial charge on any atom is 0.251 e. The van der Waals surface area contributed by atoms with E-state index in [0.717, 1.165) is 38.0 Å². The average Bonchev–Trinajstić information content (AvgIpc) is 2.86. The highest BCUT2D eigenvalue weighted by Crippen LogP contribution is 2.55. The number of nitrogens with zero attached hydrogens (tertiary/aromatic N) is 2. The Balaban J connectivity index is 1.38. The number of amides is 1. The molecule has 1 saturated carbocycles. The monoisotopic (exact) mass is 509 g/mol. The van der Waals surface area contributed by atoms with Crippen molar-refractivity contribution in [1.82, 2.24) is 5.32 Å². The minimum atomic E-state index is -0.307. The van der Waals surface area contributed by atoms with Crippen LogP contribution in [-0.4, -0.2) is 42.9 Å². The number of aliphatic hydroxyl groups excluding tert-OH is 1. The highest BCUT2D eigenvalue weighted by atomic mass is 35.5. The molecule has 0 atom stereocenters. The lowest BCUT2D eigenvalue weighted by Gasteiger charge is -2.63. The summed E-state index contributed by atoms with van der Waals surface area (Å²) in [6, 6.07) is 14.9. The SMILES string of the molecule is CC1(C)C(NC(=O)c2ccc(N3CCC(CCO)CC3)cc2)C(C)(C)C1Oc1ccc(C#N)c(Cl)c1. The smallest absolute Gasteiger partial charge is 0.251 e. The number of carbonyl (C=O) groups is 1. The zero-order valence-electron chi connectivity index (χ0n) is 21.6. The number of aliphatic hydroxyl groups is 1. The molecule has 192 valence electrons. The van der Waals surface area contributed by atoms with Crippen LogP contribution in [0.5, 0.6) is 5.75 Å². The summed E-state index contributed by atoms with van der Waals surface area (Å²) in [5, 5.41) is 21.9. The molecule has 36 heavy (non-hydrogen) atoms. The van der Waals surface area contributed by atoms with E-state index in [9.17, 15) is 4.79 Å². The highest BCUT2D eigenvalue weighted by molar-refractivity contribution is 6.31. The molecule has 2 aliphatic rings. The van der Waals surface area contributed by atoms with Crippen molar-refractivity contribution in [2.45, 2.75) is 59.1 Å². The lowest BCUT2D eigenvalue weighted by atomic mass is 9.49. The second-order valence-corrected chi connectivity index (χ2v) is 11.7. The summed E-state index contributed by atoms with van der Waals surface area (Å²) in [4.78, 5) is 15.5. The molecule has 2 aromatic carbocycles. The second-order valence-electron chi connectivity index (χ2n) is 11.3. The number of hydrogen-bond acceptors (Lipinski definition) is 5. The molecule has 6 nitrogen and oxygen atoms in total. The van der Waals surface area contributed by atoms with Crippen molar-refractivity contribution in [3.63, 3.8) is 0 Å². The van der Waals surface area contributed by atoms with Crippen LogP contribution in [0.3, 0.4) is 0 Å². The molecule has 0 spiro atoms. The van der Waals surface area contributed by atoms with Crippen molar-refractivity contribution in [3.8, 4) is 11.8 Å². The number of anilines is 1. The standard InChI is InChI=1S/C29H36ClN3O3/c1-28(2)26(29(3,4)27(28)36-23-10-7-21(18-31)24(30)17-23)32-25(35)20-5-8-22(9-6-20)33-14-11-19(12-15-33)13-16-34/h5-10,17,19,26-27,34H,11-16H2,1-4H3,(H,32,35). The second kappa shape index (κ2) is 10.3. The molecule has 0 bridgehead atoms. The van der Waals surface area contributed by atoms with E-state index in [1.54, 1.807) is 18.2 Å². The summed E-state index contributed by atoms with van der Waals surface area (Å²) < 4.78 is 6.32. The van der Waals surface area contributed by atoms with E-state index in [2.05, 4.69) is 44.0 Å². The van der Waals surface area contributed by atoms with Crippen molar-refractivity contribution in [2.75, 3.05) is 24.6 Å². The summed E-state index contributed by atoms with van der Waals surface area (Å²) in [5.41, 5.74) is 1.58. The molecule has 0 radical (unpaired) electrons. The van der Waals surface area contributed by atoms with Crippen molar-refractivity contribution in [2.24, 2.45) is 16.7 Å². The van der Waals surface area contributed by atoms with Gasteiger partial charge >= 0.3 is 0 Å². The normalized spacial score (nSPS) is 22.9. The van der Waals surface area contributed by atoms with E-state index in [0.29, 0.717) is 27.8 Å². The predicted octanol–water partition coefficient (Wildman–Crippen LogP) is 5.42. The van der Waals surface area contributed by atoms with Gasteiger partial charge in [-0.1, -0.05) is 39.3 Å². The van der Waals surface area contributed by atoms with Gasteiger partial charge < -0.3 is 20.1 Å². The first kappa shape index (κ1) is 26.3. The molecule has 2 aromatic rings. The van der Waals surface area contributed by atoms with Crippen molar-refractivity contribution < 1.29 is 14.6 Å². The van der Waals surface area contributed by atoms with E-state index in [1.807, 2.05) is 24.3 Å². The topological polar surface area (TPSA) is 85.6 Å². The van der Waals surface area contributed by atoms with Gasteiger partial charge in [0.25, 0.3) is 5.91 Å². The van der Waals surface area contributed by atoms with Crippen LogP contribution in [0.25, 0.3) is 0 Å². The Labute approximate surface area is 219 Å². The van der Waals surface area contributed by atoms with Crippen molar-refractivity contribution >= 4 is 23.2 Å². The Morgan fingerprint density at radius 3 is 2.33 bits per heavy atom. The van der Waals surface area contributed by atoms with Gasteiger partial charge in [-0.2, -0.15) is 5.26 Å². The van der Waals surface area contributed by atoms with Gasteiger partial charge in [0.15, 0.2) is 0 Å². The molecule has 1 heterocycles. The summed E-state index contributed by atoms with van der Waals surface area (Å²) in [5.74, 6) is 1.13.